The van der Waals surface area contributed by atoms with Crippen molar-refractivity contribution in [3.63, 3.8) is 0 Å². The van der Waals surface area contributed by atoms with E-state index in [2.05, 4.69) is 0 Å². The van der Waals surface area contributed by atoms with Gasteiger partial charge >= 0.3 is 29.6 Å². The van der Waals surface area contributed by atoms with Crippen molar-refractivity contribution in [2.45, 2.75) is 0 Å². The van der Waals surface area contributed by atoms with Crippen LogP contribution in [0.3, 0.4) is 0 Å². The van der Waals surface area contributed by atoms with Crippen LogP contribution in [0.25, 0.3) is 0 Å². The largest absolute Gasteiger partial charge is 1.00 e. The third-order valence-electron chi connectivity index (χ3n) is 0. The first-order valence-electron chi connectivity index (χ1n) is 0.494. The molecular formula is CH4BrNaO2Zn. The maximum atomic E-state index is 8.36. The molecule has 5 heteroatoms. The molecule has 6 heavy (non-hydrogen) atoms. The van der Waals surface area contributed by atoms with Crippen LogP contribution in [0.4, 0.5) is 0 Å². The van der Waals surface area contributed by atoms with Gasteiger partial charge in [-0.05, 0) is 0 Å². The minimum Gasteiger partial charge on any atom is -1.00 e. The number of hydrogen-bond donors (Lipinski definition) is 1. The second-order valence-electron chi connectivity index (χ2n) is 0.105. The van der Waals surface area contributed by atoms with Crippen molar-refractivity contribution < 1.29 is 60.4 Å². The topological polar surface area (TPSA) is 37.3 Å². The summed E-state index contributed by atoms with van der Waals surface area (Å²) < 4.78 is 0. The van der Waals surface area contributed by atoms with E-state index in [-0.39, 0.29) is 73.9 Å². The maximum Gasteiger partial charge on any atom is 1.00 e. The zero-order chi connectivity index (χ0) is 2.71. The summed E-state index contributed by atoms with van der Waals surface area (Å²) >= 11 is 0. The van der Waals surface area contributed by atoms with E-state index < -0.39 is 0 Å². The maximum absolute atomic E-state index is 8.36. The second kappa shape index (κ2) is 30.8. The molecular weight excluding hydrogens is 212 g/mol. The quantitative estimate of drug-likeness (QED) is 0.356. The average molecular weight is 216 g/mol. The summed E-state index contributed by atoms with van der Waals surface area (Å²) in [6, 6.07) is 0. The third-order valence-corrected chi connectivity index (χ3v) is 0. The summed E-state index contributed by atoms with van der Waals surface area (Å²) in [5.41, 5.74) is 0. The van der Waals surface area contributed by atoms with E-state index in [4.69, 9.17) is 9.90 Å². The first-order chi connectivity index (χ1) is 1.41. The van der Waals surface area contributed by atoms with Crippen LogP contribution in [0.1, 0.15) is 1.43 Å². The molecule has 0 radical (unpaired) electrons. The molecule has 1 N–H and O–H groups in total. The van der Waals surface area contributed by atoms with E-state index in [1.807, 2.05) is 0 Å². The van der Waals surface area contributed by atoms with Gasteiger partial charge in [-0.1, -0.05) is 0 Å². The summed E-state index contributed by atoms with van der Waals surface area (Å²) in [5.74, 6) is 0. The third kappa shape index (κ3) is 47.1. The van der Waals surface area contributed by atoms with Crippen LogP contribution in [0.15, 0.2) is 0 Å². The predicted octanol–water partition coefficient (Wildman–Crippen LogP) is -2.61. The Balaban J connectivity index is -0.00000000333. The molecule has 2 nitrogen and oxygen atoms in total. The van der Waals surface area contributed by atoms with Crippen LogP contribution in [-0.4, -0.2) is 11.6 Å². The van der Waals surface area contributed by atoms with Crippen LogP contribution in [-0.2, 0) is 24.3 Å². The summed E-state index contributed by atoms with van der Waals surface area (Å²) in [7, 11) is 0. The molecule has 0 aromatic carbocycles. The fraction of sp³-hybridized carbons (Fsp3) is 0. The standard InChI is InChI=1S/CH2O2.BrH.Na.Zn.H/c2-1-3;;;;/h1H,(H,2,3);1H;;;/q;;+1;;-1. The molecule has 0 aliphatic heterocycles. The number of carbonyl (C=O) groups is 1. The van der Waals surface area contributed by atoms with Crippen molar-refractivity contribution in [3.8, 4) is 0 Å². The average Bonchev–Trinajstić information content (AvgIpc) is 0.918. The fourth-order valence-corrected chi connectivity index (χ4v) is 0. The number of carboxylic acid groups (broad SMARTS) is 1. The zero-order valence-corrected chi connectivity index (χ0v) is 10.2. The Morgan fingerprint density at radius 2 is 1.67 bits per heavy atom. The van der Waals surface area contributed by atoms with Gasteiger partial charge in [0.15, 0.2) is 0 Å². The van der Waals surface area contributed by atoms with Crippen molar-refractivity contribution in [2.24, 2.45) is 0 Å². The number of halogens is 1. The van der Waals surface area contributed by atoms with E-state index in [1.165, 1.54) is 0 Å². The van der Waals surface area contributed by atoms with Crippen LogP contribution in [0, 0.1) is 0 Å². The van der Waals surface area contributed by atoms with Gasteiger partial charge in [0.2, 0.25) is 0 Å². The minimum absolute atomic E-state index is 0. The van der Waals surface area contributed by atoms with Crippen molar-refractivity contribution in [1.82, 2.24) is 0 Å². The number of rotatable bonds is 0. The van der Waals surface area contributed by atoms with E-state index in [0.29, 0.717) is 0 Å². The zero-order valence-electron chi connectivity index (χ0n) is 4.55. The Bertz CT molecular complexity index is 25.2. The van der Waals surface area contributed by atoms with E-state index >= 15 is 0 Å². The normalized spacial score (nSPS) is 2.00. The van der Waals surface area contributed by atoms with Crippen LogP contribution < -0.4 is 29.6 Å². The van der Waals surface area contributed by atoms with Crippen molar-refractivity contribution in [3.05, 3.63) is 0 Å². The molecule has 0 unspecified atom stereocenters. The van der Waals surface area contributed by atoms with Gasteiger partial charge in [-0.25, -0.2) is 0 Å². The minimum atomic E-state index is -0.250. The van der Waals surface area contributed by atoms with Gasteiger partial charge in [0.1, 0.15) is 0 Å². The Kier molecular flexibility index (Phi) is 132. The summed E-state index contributed by atoms with van der Waals surface area (Å²) in [6.45, 7) is -0.250. The van der Waals surface area contributed by atoms with Gasteiger partial charge in [0.05, 0.1) is 0 Å². The molecule has 0 saturated heterocycles. The molecule has 30 valence electrons. The van der Waals surface area contributed by atoms with E-state index in [9.17, 15) is 0 Å². The van der Waals surface area contributed by atoms with Crippen LogP contribution in [0.2, 0.25) is 0 Å². The molecule has 0 spiro atoms. The summed E-state index contributed by atoms with van der Waals surface area (Å²) in [6.07, 6.45) is 0. The van der Waals surface area contributed by atoms with Gasteiger partial charge in [-0.3, -0.25) is 4.79 Å². The molecule has 0 rings (SSSR count). The fourth-order valence-electron chi connectivity index (χ4n) is 0. The second-order valence-corrected chi connectivity index (χ2v) is 0.105. The molecule has 0 aliphatic carbocycles. The molecule has 0 amide bonds. The predicted molar refractivity (Wildman–Crippen MR) is 20.1 cm³/mol. The van der Waals surface area contributed by atoms with Crippen molar-refractivity contribution in [2.75, 3.05) is 0 Å². The van der Waals surface area contributed by atoms with Gasteiger partial charge in [0.25, 0.3) is 6.47 Å². The summed E-state index contributed by atoms with van der Waals surface area (Å²) in [5, 5.41) is 6.89. The Morgan fingerprint density at radius 3 is 1.67 bits per heavy atom. The molecule has 0 fully saturated rings. The van der Waals surface area contributed by atoms with Crippen LogP contribution >= 0.6 is 17.0 Å². The van der Waals surface area contributed by atoms with Crippen molar-refractivity contribution in [1.29, 1.82) is 0 Å². The van der Waals surface area contributed by atoms with E-state index in [0.717, 1.165) is 0 Å². The number of hydrogen-bond acceptors (Lipinski definition) is 1. The van der Waals surface area contributed by atoms with Gasteiger partial charge in [-0.2, -0.15) is 0 Å². The van der Waals surface area contributed by atoms with Gasteiger partial charge in [-0.15, -0.1) is 17.0 Å². The Labute approximate surface area is 83.0 Å². The van der Waals surface area contributed by atoms with E-state index in [1.54, 1.807) is 0 Å². The smallest absolute Gasteiger partial charge is 1.00 e. The van der Waals surface area contributed by atoms with Gasteiger partial charge in [0, 0.05) is 19.5 Å². The molecule has 0 heterocycles. The molecule has 0 aromatic heterocycles. The molecule has 0 atom stereocenters. The first kappa shape index (κ1) is 25.6. The summed E-state index contributed by atoms with van der Waals surface area (Å²) in [4.78, 5) is 8.36. The molecule has 0 bridgehead atoms. The van der Waals surface area contributed by atoms with Crippen molar-refractivity contribution >= 4 is 23.5 Å². The van der Waals surface area contributed by atoms with Crippen LogP contribution in [0.5, 0.6) is 0 Å². The molecule has 0 saturated carbocycles. The Morgan fingerprint density at radius 1 is 1.67 bits per heavy atom. The molecule has 0 aromatic rings. The Hall–Kier alpha value is 1.57. The first-order valence-corrected chi connectivity index (χ1v) is 0.494. The monoisotopic (exact) mass is 214 g/mol. The SMILES string of the molecule is Br.O=CO.[H-].[Na+].[Zn]. The van der Waals surface area contributed by atoms with Gasteiger partial charge < -0.3 is 6.53 Å². The molecule has 0 aliphatic rings.